The predicted octanol–water partition coefficient (Wildman–Crippen LogP) is 2.01. The number of nitrogens with zero attached hydrogens (tertiary/aromatic N) is 2. The Morgan fingerprint density at radius 1 is 1.41 bits per heavy atom. The topological polar surface area (TPSA) is 44.1 Å². The summed E-state index contributed by atoms with van der Waals surface area (Å²) >= 11 is 0. The molecular formula is C11H7F3N2O. The molecule has 1 aromatic carbocycles. The summed E-state index contributed by atoms with van der Waals surface area (Å²) in [5.41, 5.74) is 1.05. The average molecular weight is 240 g/mol. The molecule has 1 amide bonds. The normalized spacial score (nSPS) is 14.7. The minimum absolute atomic E-state index is 0.0824. The lowest BCUT2D eigenvalue weighted by Crippen LogP contribution is -2.36. The first-order valence-corrected chi connectivity index (χ1v) is 4.81. The number of anilines is 1. The number of halogens is 3. The maximum Gasteiger partial charge on any atom is 0.406 e. The molecule has 0 saturated carbocycles. The Morgan fingerprint density at radius 2 is 2.12 bits per heavy atom. The van der Waals surface area contributed by atoms with Crippen LogP contribution in [0, 0.1) is 11.3 Å². The number of nitriles is 1. The van der Waals surface area contributed by atoms with E-state index in [1.165, 1.54) is 18.2 Å². The van der Waals surface area contributed by atoms with Crippen molar-refractivity contribution in [3.63, 3.8) is 0 Å². The minimum Gasteiger partial charge on any atom is -0.303 e. The van der Waals surface area contributed by atoms with Crippen molar-refractivity contribution in [1.29, 1.82) is 5.26 Å². The summed E-state index contributed by atoms with van der Waals surface area (Å²) in [5.74, 6) is -0.590. The molecule has 1 aliphatic rings. The van der Waals surface area contributed by atoms with Crippen molar-refractivity contribution in [3.8, 4) is 6.07 Å². The lowest BCUT2D eigenvalue weighted by atomic mass is 10.1. The lowest BCUT2D eigenvalue weighted by Gasteiger charge is -2.19. The predicted molar refractivity (Wildman–Crippen MR) is 53.3 cm³/mol. The van der Waals surface area contributed by atoms with Crippen molar-refractivity contribution in [1.82, 2.24) is 0 Å². The van der Waals surface area contributed by atoms with Crippen LogP contribution in [0.15, 0.2) is 18.2 Å². The van der Waals surface area contributed by atoms with Gasteiger partial charge in [0, 0.05) is 5.69 Å². The van der Waals surface area contributed by atoms with E-state index in [1.54, 1.807) is 0 Å². The van der Waals surface area contributed by atoms with Crippen LogP contribution in [0.25, 0.3) is 0 Å². The highest BCUT2D eigenvalue weighted by Crippen LogP contribution is 2.32. The van der Waals surface area contributed by atoms with Crippen molar-refractivity contribution < 1.29 is 18.0 Å². The van der Waals surface area contributed by atoms with Crippen LogP contribution in [0.3, 0.4) is 0 Å². The van der Waals surface area contributed by atoms with Gasteiger partial charge in [0.2, 0.25) is 5.91 Å². The van der Waals surface area contributed by atoms with Crippen LogP contribution >= 0.6 is 0 Å². The number of benzene rings is 1. The van der Waals surface area contributed by atoms with Crippen molar-refractivity contribution in [2.24, 2.45) is 0 Å². The number of hydrogen-bond donors (Lipinski definition) is 0. The van der Waals surface area contributed by atoms with Gasteiger partial charge in [-0.1, -0.05) is 0 Å². The van der Waals surface area contributed by atoms with Gasteiger partial charge in [0.1, 0.15) is 6.54 Å². The van der Waals surface area contributed by atoms with E-state index >= 15 is 0 Å². The Kier molecular flexibility index (Phi) is 2.54. The second-order valence-electron chi connectivity index (χ2n) is 3.73. The Morgan fingerprint density at radius 3 is 2.71 bits per heavy atom. The molecule has 0 spiro atoms. The highest BCUT2D eigenvalue weighted by atomic mass is 19.4. The smallest absolute Gasteiger partial charge is 0.303 e. The van der Waals surface area contributed by atoms with Crippen molar-refractivity contribution in [2.45, 2.75) is 12.6 Å². The first-order chi connectivity index (χ1) is 7.90. The zero-order valence-corrected chi connectivity index (χ0v) is 8.58. The van der Waals surface area contributed by atoms with Gasteiger partial charge in [-0.2, -0.15) is 18.4 Å². The molecule has 3 nitrogen and oxygen atoms in total. The number of hydrogen-bond acceptors (Lipinski definition) is 2. The standard InChI is InChI=1S/C11H7F3N2O/c12-11(13,14)6-16-9-2-1-7(5-15)3-8(9)4-10(16)17/h1-3H,4,6H2. The van der Waals surface area contributed by atoms with Crippen molar-refractivity contribution in [3.05, 3.63) is 29.3 Å². The van der Waals surface area contributed by atoms with Gasteiger partial charge >= 0.3 is 6.18 Å². The fourth-order valence-electron chi connectivity index (χ4n) is 1.81. The second kappa shape index (κ2) is 3.77. The van der Waals surface area contributed by atoms with E-state index < -0.39 is 18.6 Å². The average Bonchev–Trinajstić information content (AvgIpc) is 2.52. The molecule has 88 valence electrons. The summed E-state index contributed by atoms with van der Waals surface area (Å²) in [6.07, 6.45) is -4.51. The summed E-state index contributed by atoms with van der Waals surface area (Å²) < 4.78 is 36.8. The van der Waals surface area contributed by atoms with E-state index in [-0.39, 0.29) is 12.1 Å². The summed E-state index contributed by atoms with van der Waals surface area (Å²) in [7, 11) is 0. The van der Waals surface area contributed by atoms with E-state index in [2.05, 4.69) is 0 Å². The highest BCUT2D eigenvalue weighted by molar-refractivity contribution is 6.01. The molecule has 0 aromatic heterocycles. The largest absolute Gasteiger partial charge is 0.406 e. The zero-order chi connectivity index (χ0) is 12.6. The van der Waals surface area contributed by atoms with Crippen LogP contribution in [-0.2, 0) is 11.2 Å². The van der Waals surface area contributed by atoms with Crippen LogP contribution < -0.4 is 4.90 Å². The van der Waals surface area contributed by atoms with E-state index in [1.807, 2.05) is 6.07 Å². The Hall–Kier alpha value is -2.03. The minimum atomic E-state index is -4.43. The first kappa shape index (κ1) is 11.5. The maximum absolute atomic E-state index is 12.3. The lowest BCUT2D eigenvalue weighted by molar-refractivity contribution is -0.131. The molecule has 0 aliphatic carbocycles. The van der Waals surface area contributed by atoms with Crippen molar-refractivity contribution in [2.75, 3.05) is 11.4 Å². The van der Waals surface area contributed by atoms with Gasteiger partial charge in [-0.3, -0.25) is 4.79 Å². The summed E-state index contributed by atoms with van der Waals surface area (Å²) in [6, 6.07) is 6.11. The van der Waals surface area contributed by atoms with Crippen LogP contribution in [0.2, 0.25) is 0 Å². The van der Waals surface area contributed by atoms with Gasteiger partial charge in [-0.05, 0) is 23.8 Å². The third-order valence-corrected chi connectivity index (χ3v) is 2.48. The van der Waals surface area contributed by atoms with Crippen LogP contribution in [-0.4, -0.2) is 18.6 Å². The van der Waals surface area contributed by atoms with Crippen molar-refractivity contribution >= 4 is 11.6 Å². The molecular weight excluding hydrogens is 233 g/mol. The summed E-state index contributed by atoms with van der Waals surface area (Å²) in [6.45, 7) is -1.29. The molecule has 0 N–H and O–H groups in total. The molecule has 0 fully saturated rings. The molecule has 0 radical (unpaired) electrons. The van der Waals surface area contributed by atoms with Gasteiger partial charge in [-0.25, -0.2) is 0 Å². The SMILES string of the molecule is N#Cc1ccc2c(c1)CC(=O)N2CC(F)(F)F. The van der Waals surface area contributed by atoms with Gasteiger partial charge in [-0.15, -0.1) is 0 Å². The molecule has 1 heterocycles. The highest BCUT2D eigenvalue weighted by Gasteiger charge is 2.37. The van der Waals surface area contributed by atoms with Gasteiger partial charge in [0.05, 0.1) is 18.1 Å². The summed E-state index contributed by atoms with van der Waals surface area (Å²) in [5, 5.41) is 8.66. The quantitative estimate of drug-likeness (QED) is 0.753. The maximum atomic E-state index is 12.3. The number of carbonyl (C=O) groups excluding carboxylic acids is 1. The molecule has 0 saturated heterocycles. The zero-order valence-electron chi connectivity index (χ0n) is 8.58. The fourth-order valence-corrected chi connectivity index (χ4v) is 1.81. The van der Waals surface area contributed by atoms with E-state index in [9.17, 15) is 18.0 Å². The number of amides is 1. The molecule has 2 rings (SSSR count). The Labute approximate surface area is 95.1 Å². The number of rotatable bonds is 1. The van der Waals surface area contributed by atoms with Crippen LogP contribution in [0.1, 0.15) is 11.1 Å². The number of carbonyl (C=O) groups is 1. The van der Waals surface area contributed by atoms with Gasteiger partial charge < -0.3 is 4.90 Å². The number of alkyl halides is 3. The molecule has 0 bridgehead atoms. The Bertz CT molecular complexity index is 516. The Balaban J connectivity index is 2.35. The van der Waals surface area contributed by atoms with E-state index in [0.717, 1.165) is 0 Å². The summed E-state index contributed by atoms with van der Waals surface area (Å²) in [4.78, 5) is 12.2. The first-order valence-electron chi connectivity index (χ1n) is 4.81. The molecule has 1 aromatic rings. The molecule has 17 heavy (non-hydrogen) atoms. The van der Waals surface area contributed by atoms with E-state index in [0.29, 0.717) is 16.0 Å². The third-order valence-electron chi connectivity index (χ3n) is 2.48. The van der Waals surface area contributed by atoms with E-state index in [4.69, 9.17) is 5.26 Å². The number of fused-ring (bicyclic) bond motifs is 1. The monoisotopic (exact) mass is 240 g/mol. The van der Waals surface area contributed by atoms with Gasteiger partial charge in [0.15, 0.2) is 0 Å². The molecule has 0 unspecified atom stereocenters. The third kappa shape index (κ3) is 2.23. The molecule has 6 heteroatoms. The molecule has 1 aliphatic heterocycles. The van der Waals surface area contributed by atoms with Crippen LogP contribution in [0.5, 0.6) is 0 Å². The molecule has 0 atom stereocenters. The second-order valence-corrected chi connectivity index (χ2v) is 3.73. The fraction of sp³-hybridized carbons (Fsp3) is 0.273. The van der Waals surface area contributed by atoms with Gasteiger partial charge in [0.25, 0.3) is 0 Å². The van der Waals surface area contributed by atoms with Crippen LogP contribution in [0.4, 0.5) is 18.9 Å².